The fourth-order valence-electron chi connectivity index (χ4n) is 3.68. The lowest BCUT2D eigenvalue weighted by Crippen LogP contribution is -2.22. The van der Waals surface area contributed by atoms with E-state index < -0.39 is 38.6 Å². The van der Waals surface area contributed by atoms with Crippen LogP contribution in [0.2, 0.25) is 5.02 Å². The van der Waals surface area contributed by atoms with Crippen LogP contribution in [0.3, 0.4) is 0 Å². The summed E-state index contributed by atoms with van der Waals surface area (Å²) in [7, 11) is -2.34. The lowest BCUT2D eigenvalue weighted by Gasteiger charge is -2.17. The minimum Gasteiger partial charge on any atom is -0.489 e. The Hall–Kier alpha value is -2.71. The summed E-state index contributed by atoms with van der Waals surface area (Å²) >= 11 is 5.88. The molecule has 4 N–H and O–H groups in total. The van der Waals surface area contributed by atoms with Gasteiger partial charge >= 0.3 is 0 Å². The molecule has 14 heteroatoms. The Bertz CT molecular complexity index is 1410. The summed E-state index contributed by atoms with van der Waals surface area (Å²) in [5.41, 5.74) is 1.14. The van der Waals surface area contributed by atoms with E-state index in [1.54, 1.807) is 6.07 Å². The number of rotatable bonds is 10. The van der Waals surface area contributed by atoms with Crippen molar-refractivity contribution >= 4 is 65.3 Å². The Morgan fingerprint density at radius 3 is 2.81 bits per heavy atom. The standard InChI is InChI=1S/C23H24ClFN4O6S2/c24-17-7-13(1-3-18(17)25)28-23-16-8-20(29-22(32)4-2-15-5-6-36-37(15,33)34)21(35-11-14(31)10-30)9-19(16)26-12-27-23/h1,3,7-9,12,14-15,30-31H,2,4-6,10-11H2,(H,29,32)(H,26,27,28). The van der Waals surface area contributed by atoms with Crippen molar-refractivity contribution in [2.24, 2.45) is 0 Å². The van der Waals surface area contributed by atoms with Crippen molar-refractivity contribution in [3.8, 4) is 5.75 Å². The molecule has 2 atom stereocenters. The Kier molecular flexibility index (Phi) is 8.70. The molecule has 1 amide bonds. The number of aliphatic hydroxyl groups excluding tert-OH is 2. The number of ether oxygens (including phenoxy) is 1. The largest absolute Gasteiger partial charge is 0.489 e. The first kappa shape index (κ1) is 27.3. The van der Waals surface area contributed by atoms with Crippen LogP contribution in [-0.4, -0.2) is 64.8 Å². The Labute approximate surface area is 220 Å². The van der Waals surface area contributed by atoms with Gasteiger partial charge in [0.05, 0.1) is 28.1 Å². The fourth-order valence-corrected chi connectivity index (χ4v) is 7.77. The van der Waals surface area contributed by atoms with Gasteiger partial charge < -0.3 is 25.6 Å². The van der Waals surface area contributed by atoms with E-state index in [1.165, 1.54) is 30.6 Å². The number of carbonyl (C=O) groups excluding carboxylic acids is 1. The average Bonchev–Trinajstić information content (AvgIpc) is 3.21. The van der Waals surface area contributed by atoms with E-state index in [1.807, 2.05) is 0 Å². The minimum atomic E-state index is -3.25. The highest BCUT2D eigenvalue weighted by molar-refractivity contribution is 8.72. The Balaban J connectivity index is 1.61. The van der Waals surface area contributed by atoms with Gasteiger partial charge in [-0.25, -0.2) is 22.8 Å². The fraction of sp³-hybridized carbons (Fsp3) is 0.348. The van der Waals surface area contributed by atoms with E-state index >= 15 is 0 Å². The molecule has 2 unspecified atom stereocenters. The number of benzene rings is 2. The summed E-state index contributed by atoms with van der Waals surface area (Å²) in [6, 6.07) is 7.21. The number of aliphatic hydroxyl groups is 2. The zero-order valence-electron chi connectivity index (χ0n) is 19.4. The van der Waals surface area contributed by atoms with Crippen molar-refractivity contribution in [3.05, 3.63) is 47.5 Å². The van der Waals surface area contributed by atoms with Gasteiger partial charge in [-0.1, -0.05) is 11.6 Å². The molecule has 0 saturated carbocycles. The molecule has 198 valence electrons. The summed E-state index contributed by atoms with van der Waals surface area (Å²) in [5, 5.41) is 24.5. The first-order valence-electron chi connectivity index (χ1n) is 11.3. The summed E-state index contributed by atoms with van der Waals surface area (Å²) in [4.78, 5) is 21.2. The number of hydrogen-bond acceptors (Lipinski definition) is 10. The maximum absolute atomic E-state index is 13.6. The van der Waals surface area contributed by atoms with Gasteiger partial charge in [0.25, 0.3) is 0 Å². The molecule has 1 aliphatic heterocycles. The van der Waals surface area contributed by atoms with Gasteiger partial charge in [-0.2, -0.15) is 0 Å². The summed E-state index contributed by atoms with van der Waals surface area (Å²) in [6.45, 7) is -0.758. The van der Waals surface area contributed by atoms with Crippen LogP contribution in [-0.2, 0) is 13.7 Å². The molecule has 4 rings (SSSR count). The molecular formula is C23H24ClFN4O6S2. The summed E-state index contributed by atoms with van der Waals surface area (Å²) in [6.07, 6.45) is 0.834. The second-order valence-corrected chi connectivity index (χ2v) is 13.1. The van der Waals surface area contributed by atoms with Crippen LogP contribution in [0.15, 0.2) is 36.7 Å². The average molecular weight is 571 g/mol. The van der Waals surface area contributed by atoms with Crippen LogP contribution >= 0.6 is 22.4 Å². The van der Waals surface area contributed by atoms with E-state index in [4.69, 9.17) is 21.4 Å². The van der Waals surface area contributed by atoms with Crippen LogP contribution in [0.4, 0.5) is 21.6 Å². The van der Waals surface area contributed by atoms with Gasteiger partial charge in [0.15, 0.2) is 0 Å². The molecule has 1 aromatic heterocycles. The van der Waals surface area contributed by atoms with E-state index in [2.05, 4.69) is 20.6 Å². The van der Waals surface area contributed by atoms with E-state index in [0.717, 1.165) is 10.8 Å². The van der Waals surface area contributed by atoms with Crippen molar-refractivity contribution < 1.29 is 32.6 Å². The van der Waals surface area contributed by atoms with E-state index in [0.29, 0.717) is 34.6 Å². The van der Waals surface area contributed by atoms with E-state index in [9.17, 15) is 22.7 Å². The second kappa shape index (κ2) is 11.8. The van der Waals surface area contributed by atoms with Crippen LogP contribution in [0.1, 0.15) is 19.3 Å². The molecule has 0 aliphatic carbocycles. The third-order valence-electron chi connectivity index (χ3n) is 5.62. The van der Waals surface area contributed by atoms with Gasteiger partial charge in [0, 0.05) is 29.3 Å². The third-order valence-corrected chi connectivity index (χ3v) is 10.2. The molecule has 0 spiro atoms. The normalized spacial score (nSPS) is 17.5. The number of anilines is 3. The van der Waals surface area contributed by atoms with Crippen LogP contribution in [0.5, 0.6) is 5.75 Å². The van der Waals surface area contributed by atoms with Crippen LogP contribution in [0.25, 0.3) is 10.9 Å². The molecule has 1 aliphatic rings. The first-order chi connectivity index (χ1) is 17.7. The van der Waals surface area contributed by atoms with Crippen molar-refractivity contribution in [1.82, 2.24) is 9.97 Å². The molecule has 37 heavy (non-hydrogen) atoms. The van der Waals surface area contributed by atoms with E-state index in [-0.39, 0.29) is 35.9 Å². The smallest absolute Gasteiger partial charge is 0.224 e. The lowest BCUT2D eigenvalue weighted by atomic mass is 10.1. The highest BCUT2D eigenvalue weighted by atomic mass is 35.5. The number of hydrogen-bond donors (Lipinski definition) is 4. The number of aromatic nitrogens is 2. The van der Waals surface area contributed by atoms with Crippen molar-refractivity contribution in [2.45, 2.75) is 30.6 Å². The molecule has 10 nitrogen and oxygen atoms in total. The Morgan fingerprint density at radius 2 is 2.11 bits per heavy atom. The molecule has 3 aromatic rings. The second-order valence-electron chi connectivity index (χ2n) is 8.30. The Morgan fingerprint density at radius 1 is 1.30 bits per heavy atom. The van der Waals surface area contributed by atoms with Crippen molar-refractivity contribution in [1.29, 1.82) is 0 Å². The third kappa shape index (κ3) is 6.79. The molecule has 1 saturated heterocycles. The monoisotopic (exact) mass is 570 g/mol. The first-order valence-corrected chi connectivity index (χ1v) is 14.7. The lowest BCUT2D eigenvalue weighted by molar-refractivity contribution is -0.116. The van der Waals surface area contributed by atoms with Gasteiger partial charge in [0.1, 0.15) is 36.4 Å². The number of nitrogens with zero attached hydrogens (tertiary/aromatic N) is 2. The molecule has 2 aromatic carbocycles. The zero-order chi connectivity index (χ0) is 26.6. The number of halogens is 2. The van der Waals surface area contributed by atoms with Crippen molar-refractivity contribution in [3.63, 3.8) is 0 Å². The number of nitrogens with one attached hydrogen (secondary N) is 2. The predicted octanol–water partition coefficient (Wildman–Crippen LogP) is 3.45. The molecule has 2 heterocycles. The number of fused-ring (bicyclic) bond motifs is 1. The highest BCUT2D eigenvalue weighted by Gasteiger charge is 2.32. The SMILES string of the molecule is O=C(CCC1CCSS1(=O)=O)Nc1cc2c(Nc3ccc(F)c(Cl)c3)ncnc2cc1OCC(O)CO. The van der Waals surface area contributed by atoms with Crippen molar-refractivity contribution in [2.75, 3.05) is 29.6 Å². The van der Waals surface area contributed by atoms with Gasteiger partial charge in [0.2, 0.25) is 14.8 Å². The minimum absolute atomic E-state index is 0.0221. The molecule has 0 bridgehead atoms. The van der Waals surface area contributed by atoms with Crippen LogP contribution < -0.4 is 15.4 Å². The zero-order valence-corrected chi connectivity index (χ0v) is 21.7. The maximum atomic E-state index is 13.6. The summed E-state index contributed by atoms with van der Waals surface area (Å²) < 4.78 is 43.3. The van der Waals surface area contributed by atoms with Gasteiger partial charge in [-0.15, -0.1) is 0 Å². The van der Waals surface area contributed by atoms with Gasteiger partial charge in [-0.05, 0) is 47.9 Å². The molecular weight excluding hydrogens is 547 g/mol. The quantitative estimate of drug-likeness (QED) is 0.267. The topological polar surface area (TPSA) is 151 Å². The maximum Gasteiger partial charge on any atom is 0.224 e. The number of amides is 1. The predicted molar refractivity (Wildman–Crippen MR) is 140 cm³/mol. The molecule has 1 fully saturated rings. The molecule has 0 radical (unpaired) electrons. The number of carbonyl (C=O) groups is 1. The summed E-state index contributed by atoms with van der Waals surface area (Å²) in [5.74, 6) is 0.0573. The highest BCUT2D eigenvalue weighted by Crippen LogP contribution is 2.35. The van der Waals surface area contributed by atoms with Gasteiger partial charge in [-0.3, -0.25) is 4.79 Å². The van der Waals surface area contributed by atoms with Crippen LogP contribution in [0, 0.1) is 5.82 Å².